The first kappa shape index (κ1) is 17.5. The lowest BCUT2D eigenvalue weighted by molar-refractivity contribution is -0.384. The molecule has 21 heavy (non-hydrogen) atoms. The van der Waals surface area contributed by atoms with E-state index in [1.807, 2.05) is 0 Å². The van der Waals surface area contributed by atoms with Crippen LogP contribution in [0.3, 0.4) is 0 Å². The summed E-state index contributed by atoms with van der Waals surface area (Å²) in [6.45, 7) is 4.55. The van der Waals surface area contributed by atoms with E-state index in [0.717, 1.165) is 6.07 Å². The first-order valence-electron chi connectivity index (χ1n) is 5.87. The molecule has 9 heteroatoms. The van der Waals surface area contributed by atoms with Crippen LogP contribution >= 0.6 is 11.6 Å². The smallest absolute Gasteiger partial charge is 0.391 e. The lowest BCUT2D eigenvalue weighted by atomic mass is 9.98. The van der Waals surface area contributed by atoms with Crippen LogP contribution in [0.2, 0.25) is 5.02 Å². The number of aliphatic hydroxyl groups excluding tert-OH is 1. The van der Waals surface area contributed by atoms with Gasteiger partial charge in [-0.05, 0) is 26.8 Å². The summed E-state index contributed by atoms with van der Waals surface area (Å²) in [5.41, 5.74) is -3.23. The van der Waals surface area contributed by atoms with Gasteiger partial charge in [-0.3, -0.25) is 10.1 Å². The van der Waals surface area contributed by atoms with Crippen molar-refractivity contribution < 1.29 is 23.2 Å². The monoisotopic (exact) mass is 326 g/mol. The quantitative estimate of drug-likeness (QED) is 0.651. The molecule has 1 aromatic carbocycles. The molecule has 0 saturated heterocycles. The molecule has 0 saturated carbocycles. The van der Waals surface area contributed by atoms with Gasteiger partial charge in [0.2, 0.25) is 0 Å². The highest BCUT2D eigenvalue weighted by atomic mass is 35.5. The van der Waals surface area contributed by atoms with Gasteiger partial charge in [-0.15, -0.1) is 0 Å². The van der Waals surface area contributed by atoms with Crippen LogP contribution in [0.1, 0.15) is 26.3 Å². The summed E-state index contributed by atoms with van der Waals surface area (Å²) in [7, 11) is 0. The Morgan fingerprint density at radius 1 is 1.38 bits per heavy atom. The van der Waals surface area contributed by atoms with Gasteiger partial charge in [0, 0.05) is 6.07 Å². The van der Waals surface area contributed by atoms with Gasteiger partial charge in [0.1, 0.15) is 5.69 Å². The summed E-state index contributed by atoms with van der Waals surface area (Å²) in [6.07, 6.45) is -5.70. The Morgan fingerprint density at radius 3 is 2.29 bits per heavy atom. The number of nitrogens with one attached hydrogen (secondary N) is 1. The van der Waals surface area contributed by atoms with E-state index >= 15 is 0 Å². The Morgan fingerprint density at radius 2 is 1.90 bits per heavy atom. The van der Waals surface area contributed by atoms with E-state index in [2.05, 4.69) is 5.32 Å². The number of anilines is 1. The summed E-state index contributed by atoms with van der Waals surface area (Å²) in [5.74, 6) is 0. The van der Waals surface area contributed by atoms with Gasteiger partial charge in [0.15, 0.2) is 0 Å². The molecule has 1 unspecified atom stereocenters. The molecule has 118 valence electrons. The molecular formula is C12H14ClF3N2O3. The highest BCUT2D eigenvalue weighted by molar-refractivity contribution is 6.31. The predicted molar refractivity (Wildman–Crippen MR) is 72.5 cm³/mol. The standard InChI is InChI=1S/C12H14ClF3N2O3/c1-6(19)11(2,3)17-9-5-8(13)7(12(14,15)16)4-10(9)18(20)21/h4-6,17,19H,1-3H3. The minimum atomic E-state index is -4.79. The second-order valence-electron chi connectivity index (χ2n) is 5.13. The molecule has 0 aromatic heterocycles. The number of nitro benzene ring substituents is 1. The fourth-order valence-electron chi connectivity index (χ4n) is 1.48. The highest BCUT2D eigenvalue weighted by Crippen LogP contribution is 2.41. The van der Waals surface area contributed by atoms with Crippen LogP contribution in [0, 0.1) is 10.1 Å². The lowest BCUT2D eigenvalue weighted by Gasteiger charge is -2.30. The molecule has 0 spiro atoms. The second-order valence-corrected chi connectivity index (χ2v) is 5.53. The fourth-order valence-corrected chi connectivity index (χ4v) is 1.75. The SMILES string of the molecule is CC(O)C(C)(C)Nc1cc(Cl)c(C(F)(F)F)cc1[N+](=O)[O-]. The number of rotatable bonds is 4. The Labute approximate surface area is 123 Å². The second kappa shape index (κ2) is 5.69. The van der Waals surface area contributed by atoms with E-state index in [1.165, 1.54) is 6.92 Å². The molecule has 5 nitrogen and oxygen atoms in total. The summed E-state index contributed by atoms with van der Waals surface area (Å²) < 4.78 is 38.2. The molecule has 0 fully saturated rings. The van der Waals surface area contributed by atoms with Crippen LogP contribution in [-0.2, 0) is 6.18 Å². The van der Waals surface area contributed by atoms with E-state index in [9.17, 15) is 28.4 Å². The number of hydrogen-bond acceptors (Lipinski definition) is 4. The van der Waals surface area contributed by atoms with Crippen LogP contribution in [0.5, 0.6) is 0 Å². The fraction of sp³-hybridized carbons (Fsp3) is 0.500. The summed E-state index contributed by atoms with van der Waals surface area (Å²) in [6, 6.07) is 1.22. The zero-order valence-electron chi connectivity index (χ0n) is 11.5. The van der Waals surface area contributed by atoms with Crippen molar-refractivity contribution in [2.45, 2.75) is 38.6 Å². The molecule has 1 rings (SSSR count). The summed E-state index contributed by atoms with van der Waals surface area (Å²) in [4.78, 5) is 10.0. The van der Waals surface area contributed by atoms with Crippen LogP contribution in [0.15, 0.2) is 12.1 Å². The Kier molecular flexibility index (Phi) is 4.74. The van der Waals surface area contributed by atoms with E-state index in [-0.39, 0.29) is 5.69 Å². The molecule has 2 N–H and O–H groups in total. The van der Waals surface area contributed by atoms with Gasteiger partial charge < -0.3 is 10.4 Å². The third kappa shape index (κ3) is 3.98. The Hall–Kier alpha value is -1.54. The molecule has 0 amide bonds. The largest absolute Gasteiger partial charge is 0.418 e. The number of nitro groups is 1. The van der Waals surface area contributed by atoms with Crippen molar-refractivity contribution in [3.63, 3.8) is 0 Å². The minimum Gasteiger partial charge on any atom is -0.391 e. The molecule has 0 heterocycles. The van der Waals surface area contributed by atoms with Crippen LogP contribution in [0.25, 0.3) is 0 Å². The molecule has 1 atom stereocenters. The Balaban J connectivity index is 3.41. The number of nitrogens with zero attached hydrogens (tertiary/aromatic N) is 1. The van der Waals surface area contributed by atoms with E-state index in [4.69, 9.17) is 11.6 Å². The third-order valence-electron chi connectivity index (χ3n) is 3.09. The molecule has 0 aliphatic rings. The topological polar surface area (TPSA) is 75.4 Å². The maximum atomic E-state index is 12.7. The molecule has 0 aliphatic heterocycles. The van der Waals surface area contributed by atoms with E-state index in [1.54, 1.807) is 13.8 Å². The molecule has 0 bridgehead atoms. The average Bonchev–Trinajstić information content (AvgIpc) is 2.25. The van der Waals surface area contributed by atoms with Crippen LogP contribution in [0.4, 0.5) is 24.5 Å². The van der Waals surface area contributed by atoms with Crippen molar-refractivity contribution in [3.05, 3.63) is 32.8 Å². The summed E-state index contributed by atoms with van der Waals surface area (Å²) >= 11 is 5.55. The van der Waals surface area contributed by atoms with Crippen LogP contribution in [-0.4, -0.2) is 21.7 Å². The molecule has 0 radical (unpaired) electrons. The van der Waals surface area contributed by atoms with Gasteiger partial charge in [0.25, 0.3) is 5.69 Å². The van der Waals surface area contributed by atoms with Crippen molar-refractivity contribution >= 4 is 23.0 Å². The van der Waals surface area contributed by atoms with Crippen molar-refractivity contribution in [3.8, 4) is 0 Å². The first-order valence-corrected chi connectivity index (χ1v) is 6.25. The van der Waals surface area contributed by atoms with Gasteiger partial charge in [-0.1, -0.05) is 11.6 Å². The zero-order chi connectivity index (χ0) is 16.6. The van der Waals surface area contributed by atoms with E-state index in [0.29, 0.717) is 6.07 Å². The number of halogens is 4. The van der Waals surface area contributed by atoms with Gasteiger partial charge >= 0.3 is 6.18 Å². The number of benzene rings is 1. The molecular weight excluding hydrogens is 313 g/mol. The van der Waals surface area contributed by atoms with Gasteiger partial charge in [0.05, 0.1) is 27.2 Å². The van der Waals surface area contributed by atoms with Crippen molar-refractivity contribution in [1.82, 2.24) is 0 Å². The normalized spacial score (nSPS) is 13.9. The molecule has 0 aliphatic carbocycles. The average molecular weight is 327 g/mol. The predicted octanol–water partition coefficient (Wildman–Crippen LogP) is 3.84. The number of alkyl halides is 3. The first-order chi connectivity index (χ1) is 9.36. The van der Waals surface area contributed by atoms with Crippen LogP contribution < -0.4 is 5.32 Å². The maximum absolute atomic E-state index is 12.7. The number of aliphatic hydroxyl groups is 1. The van der Waals surface area contributed by atoms with Crippen molar-refractivity contribution in [2.24, 2.45) is 0 Å². The zero-order valence-corrected chi connectivity index (χ0v) is 12.2. The summed E-state index contributed by atoms with van der Waals surface area (Å²) in [5, 5.41) is 22.5. The van der Waals surface area contributed by atoms with Crippen molar-refractivity contribution in [2.75, 3.05) is 5.32 Å². The molecule has 1 aromatic rings. The van der Waals surface area contributed by atoms with E-state index < -0.39 is 39.0 Å². The number of hydrogen-bond donors (Lipinski definition) is 2. The Bertz CT molecular complexity index is 559. The highest BCUT2D eigenvalue weighted by Gasteiger charge is 2.37. The van der Waals surface area contributed by atoms with Gasteiger partial charge in [-0.2, -0.15) is 13.2 Å². The maximum Gasteiger partial charge on any atom is 0.418 e. The lowest BCUT2D eigenvalue weighted by Crippen LogP contribution is -2.42. The minimum absolute atomic E-state index is 0.191. The third-order valence-corrected chi connectivity index (χ3v) is 3.40. The van der Waals surface area contributed by atoms with Crippen molar-refractivity contribution in [1.29, 1.82) is 0 Å². The van der Waals surface area contributed by atoms with Gasteiger partial charge in [-0.25, -0.2) is 0 Å².